The fourth-order valence-corrected chi connectivity index (χ4v) is 10.1. The van der Waals surface area contributed by atoms with Gasteiger partial charge in [-0.05, 0) is 102 Å². The van der Waals surface area contributed by atoms with Crippen LogP contribution in [0, 0.1) is 0 Å². The summed E-state index contributed by atoms with van der Waals surface area (Å²) in [5, 5.41) is 13.2. The number of ether oxygens (including phenoxy) is 2. The van der Waals surface area contributed by atoms with E-state index in [0.29, 0.717) is 57.6 Å². The van der Waals surface area contributed by atoms with Crippen molar-refractivity contribution in [2.75, 3.05) is 40.1 Å². The Balaban J connectivity index is 0.000000212. The van der Waals surface area contributed by atoms with Crippen molar-refractivity contribution in [1.82, 2.24) is 30.6 Å². The van der Waals surface area contributed by atoms with E-state index >= 15 is 0 Å². The number of amides is 2. The van der Waals surface area contributed by atoms with E-state index < -0.39 is 45.0 Å². The predicted octanol–water partition coefficient (Wildman–Crippen LogP) is 6.76. The summed E-state index contributed by atoms with van der Waals surface area (Å²) in [7, 11) is -2.21. The summed E-state index contributed by atoms with van der Waals surface area (Å²) in [6.45, 7) is 12.7. The van der Waals surface area contributed by atoms with E-state index in [2.05, 4.69) is 48.3 Å². The van der Waals surface area contributed by atoms with Crippen LogP contribution < -0.4 is 26.2 Å². The van der Waals surface area contributed by atoms with Crippen molar-refractivity contribution in [2.45, 2.75) is 139 Å². The monoisotopic (exact) mass is 891 g/mol. The number of hydrogen-bond acceptors (Lipinski definition) is 13. The van der Waals surface area contributed by atoms with Crippen LogP contribution in [0.5, 0.6) is 0 Å². The summed E-state index contributed by atoms with van der Waals surface area (Å²) in [4.78, 5) is 45.3. The Morgan fingerprint density at radius 1 is 0.712 bits per heavy atom. The van der Waals surface area contributed by atoms with Crippen LogP contribution in [0.4, 0.5) is 27.2 Å². The van der Waals surface area contributed by atoms with E-state index in [9.17, 15) is 18.0 Å². The normalized spacial score (nSPS) is 24.3. The van der Waals surface area contributed by atoms with E-state index in [-0.39, 0.29) is 36.9 Å². The van der Waals surface area contributed by atoms with Crippen molar-refractivity contribution in [3.63, 3.8) is 0 Å². The topological polar surface area (TPSA) is 190 Å². The number of anilines is 3. The van der Waals surface area contributed by atoms with Gasteiger partial charge in [0.25, 0.3) is 0 Å². The molecule has 4 unspecified atom stereocenters. The van der Waals surface area contributed by atoms with Gasteiger partial charge in [0.05, 0.1) is 57.2 Å². The molecule has 0 spiro atoms. The zero-order valence-corrected chi connectivity index (χ0v) is 36.7. The third kappa shape index (κ3) is 11.7. The summed E-state index contributed by atoms with van der Waals surface area (Å²) in [6, 6.07) is 8.11. The first-order valence-corrected chi connectivity index (χ1v) is 23.0. The molecule has 2 aliphatic carbocycles. The van der Waals surface area contributed by atoms with Crippen molar-refractivity contribution >= 4 is 74.6 Å². The van der Waals surface area contributed by atoms with Crippen LogP contribution >= 0.6 is 23.2 Å². The van der Waals surface area contributed by atoms with Crippen molar-refractivity contribution in [1.29, 1.82) is 0 Å². The van der Waals surface area contributed by atoms with Gasteiger partial charge in [0.2, 0.25) is 11.2 Å². The Morgan fingerprint density at radius 2 is 1.19 bits per heavy atom. The second-order valence-corrected chi connectivity index (χ2v) is 20.9. The number of piperidine rings is 1. The van der Waals surface area contributed by atoms with Crippen LogP contribution in [0.15, 0.2) is 34.1 Å². The zero-order valence-electron chi connectivity index (χ0n) is 33.5. The number of carbonyl (C=O) groups is 2. The summed E-state index contributed by atoms with van der Waals surface area (Å²) < 4.78 is 35.3. The van der Waals surface area contributed by atoms with E-state index in [1.165, 1.54) is 5.56 Å². The molecule has 59 heavy (non-hydrogen) atoms. The molecule has 322 valence electrons. The van der Waals surface area contributed by atoms with Gasteiger partial charge in [-0.2, -0.15) is 9.97 Å². The van der Waals surface area contributed by atoms with E-state index in [1.54, 1.807) is 0 Å². The molecule has 3 aromatic rings. The highest BCUT2D eigenvalue weighted by molar-refractivity contribution is 7.85. The Kier molecular flexibility index (Phi) is 13.7. The third-order valence-electron chi connectivity index (χ3n) is 10.1. The number of benzene rings is 1. The molecule has 8 rings (SSSR count). The summed E-state index contributed by atoms with van der Waals surface area (Å²) >= 11 is 12.0. The molecule has 1 saturated heterocycles. The molecule has 19 heteroatoms. The van der Waals surface area contributed by atoms with Gasteiger partial charge in [0.15, 0.2) is 0 Å². The number of nitrogens with zero attached hydrogens (tertiary/aromatic N) is 5. The number of rotatable bonds is 8. The Hall–Kier alpha value is -3.80. The number of alkyl carbamates (subject to hydrolysis) is 2. The minimum atomic E-state index is -1.11. The first-order valence-electron chi connectivity index (χ1n) is 19.7. The first kappa shape index (κ1) is 44.7. The Labute approximate surface area is 361 Å². The number of aryl methyl sites for hydroxylation is 2. The molecular weight excluding hydrogens is 838 g/mol. The van der Waals surface area contributed by atoms with Crippen LogP contribution in [0.1, 0.15) is 97.5 Å². The van der Waals surface area contributed by atoms with Gasteiger partial charge in [-0.15, -0.1) is 0 Å². The maximum atomic E-state index is 12.7. The molecule has 15 nitrogen and oxygen atoms in total. The molecule has 3 aliphatic heterocycles. The van der Waals surface area contributed by atoms with E-state index in [4.69, 9.17) is 42.6 Å². The third-order valence-corrected chi connectivity index (χ3v) is 13.4. The van der Waals surface area contributed by atoms with Crippen molar-refractivity contribution < 1.29 is 27.5 Å². The lowest BCUT2D eigenvalue weighted by Crippen LogP contribution is -2.36. The second-order valence-electron chi connectivity index (χ2n) is 17.2. The molecule has 0 radical (unpaired) electrons. The van der Waals surface area contributed by atoms with Crippen LogP contribution in [-0.2, 0) is 43.9 Å². The van der Waals surface area contributed by atoms with E-state index in [0.717, 1.165) is 55.2 Å². The lowest BCUT2D eigenvalue weighted by Gasteiger charge is -2.32. The molecule has 6 atom stereocenters. The lowest BCUT2D eigenvalue weighted by molar-refractivity contribution is 0.0511. The molecule has 2 amide bonds. The number of halogens is 2. The maximum Gasteiger partial charge on any atom is 0.407 e. The predicted molar refractivity (Wildman–Crippen MR) is 232 cm³/mol. The fourth-order valence-electron chi connectivity index (χ4n) is 7.13. The van der Waals surface area contributed by atoms with Gasteiger partial charge in [-0.25, -0.2) is 19.6 Å². The number of fused-ring (bicyclic) bond motifs is 2. The largest absolute Gasteiger partial charge is 0.444 e. The van der Waals surface area contributed by atoms with Gasteiger partial charge in [-0.3, -0.25) is 8.42 Å². The molecule has 5 heterocycles. The van der Waals surface area contributed by atoms with Crippen LogP contribution in [-0.4, -0.2) is 101 Å². The van der Waals surface area contributed by atoms with Gasteiger partial charge in [-0.1, -0.05) is 31.2 Å². The summed E-state index contributed by atoms with van der Waals surface area (Å²) in [5.41, 5.74) is 1.86. The highest BCUT2D eigenvalue weighted by Gasteiger charge is 2.42. The lowest BCUT2D eigenvalue weighted by atomic mass is 9.89. The summed E-state index contributed by atoms with van der Waals surface area (Å²) in [6.07, 6.45) is 4.02. The standard InChI is InChI=1S/C25H32ClN5O3S.C14H19ClN4O3S.CH4/c1-25(2,3)34-24(32)29-20-14-19(20)27-22-21-18(10-13-35(21)33)28-23(30-22)31-11-8-16(9-12-31)15-4-6-17(26)7-5-15;1-14(2,3)22-13(20)18-9-6-8(9)16-11-10-7(4-5-23(10)21)17-12(15)19-11;/h4-7,16,19-20H,8-14H2,1-3H3,(H,29,32)(H,27,28,30);8-9H,4-6H2,1-3H3,(H,18,20)(H,16,17,19);1H4/t19?,20-,35?;8?,9-,23?;/m11./s1. The molecule has 2 aromatic heterocycles. The smallest absolute Gasteiger partial charge is 0.407 e. The number of carbonyl (C=O) groups excluding carboxylic acids is 2. The molecule has 2 saturated carbocycles. The molecule has 4 N–H and O–H groups in total. The van der Waals surface area contributed by atoms with Gasteiger partial charge in [0, 0.05) is 42.5 Å². The van der Waals surface area contributed by atoms with Gasteiger partial charge < -0.3 is 35.6 Å². The quantitative estimate of drug-likeness (QED) is 0.174. The van der Waals surface area contributed by atoms with Crippen molar-refractivity contribution in [3.05, 3.63) is 51.5 Å². The number of aromatic nitrogens is 4. The minimum Gasteiger partial charge on any atom is -0.444 e. The number of nitrogens with one attached hydrogen (secondary N) is 4. The Morgan fingerprint density at radius 3 is 1.68 bits per heavy atom. The molecule has 0 bridgehead atoms. The van der Waals surface area contributed by atoms with Gasteiger partial charge >= 0.3 is 12.2 Å². The highest BCUT2D eigenvalue weighted by Crippen LogP contribution is 2.37. The highest BCUT2D eigenvalue weighted by atomic mass is 35.5. The average Bonchev–Trinajstić information content (AvgIpc) is 3.96. The molecular formula is C40H55Cl2N9O6S2. The maximum absolute atomic E-state index is 12.7. The summed E-state index contributed by atoms with van der Waals surface area (Å²) in [5.74, 6) is 3.45. The fraction of sp³-hybridized carbons (Fsp3) is 0.600. The SMILES string of the molecule is C.CC(C)(C)OC(=O)N[C@@H]1CC1Nc1nc(Cl)nc2c1S(=O)CC2.CC(C)(C)OC(=O)N[C@@H]1CC1Nc1nc(N2CCC(c3ccc(Cl)cc3)CC2)nc2c1S(=O)CC2. The van der Waals surface area contributed by atoms with E-state index in [1.807, 2.05) is 53.7 Å². The molecule has 3 fully saturated rings. The van der Waals surface area contributed by atoms with Crippen LogP contribution in [0.25, 0.3) is 0 Å². The molecule has 5 aliphatic rings. The minimum absolute atomic E-state index is 0. The average molecular weight is 893 g/mol. The first-order chi connectivity index (χ1) is 27.4. The Bertz CT molecular complexity index is 2090. The zero-order chi connectivity index (χ0) is 41.5. The number of hydrogen-bond donors (Lipinski definition) is 4. The molecule has 1 aromatic carbocycles. The van der Waals surface area contributed by atoms with Gasteiger partial charge in [0.1, 0.15) is 32.6 Å². The van der Waals surface area contributed by atoms with Crippen molar-refractivity contribution in [3.8, 4) is 0 Å². The van der Waals surface area contributed by atoms with Crippen LogP contribution in [0.2, 0.25) is 10.3 Å². The van der Waals surface area contributed by atoms with Crippen molar-refractivity contribution in [2.24, 2.45) is 0 Å². The van der Waals surface area contributed by atoms with Crippen LogP contribution in [0.3, 0.4) is 0 Å². The second kappa shape index (κ2) is 18.0.